The third-order valence-electron chi connectivity index (χ3n) is 3.34. The van der Waals surface area contributed by atoms with E-state index in [-0.39, 0.29) is 13.0 Å². The van der Waals surface area contributed by atoms with Gasteiger partial charge < -0.3 is 20.5 Å². The lowest BCUT2D eigenvalue weighted by Gasteiger charge is -2.20. The zero-order chi connectivity index (χ0) is 19.7. The second-order valence-corrected chi connectivity index (χ2v) is 5.49. The molecule has 0 bridgehead atoms. The summed E-state index contributed by atoms with van der Waals surface area (Å²) in [5.41, 5.74) is 0.567. The van der Waals surface area contributed by atoms with E-state index in [0.29, 0.717) is 5.56 Å². The van der Waals surface area contributed by atoms with Crippen LogP contribution in [0.4, 0.5) is 4.39 Å². The minimum Gasteiger partial charge on any atom is -0.480 e. The van der Waals surface area contributed by atoms with Crippen LogP contribution >= 0.6 is 0 Å². The molecule has 0 saturated carbocycles. The van der Waals surface area contributed by atoms with Gasteiger partial charge in [-0.25, -0.2) is 9.18 Å². The van der Waals surface area contributed by atoms with Gasteiger partial charge in [-0.2, -0.15) is 0 Å². The quantitative estimate of drug-likeness (QED) is 0.542. The molecular weight excluding hydrogens is 347 g/mol. The Kier molecular flexibility index (Phi) is 8.20. The summed E-state index contributed by atoms with van der Waals surface area (Å²) in [7, 11) is 0. The standard InChI is InChI=1S/C17H21FN2O6/c1-3-26-15(22)9-14(17(24)25)20-16(23)13(19-10(2)21)8-11-4-6-12(18)7-5-11/h4-7,13-14H,3,8-9H2,1-2H3,(H,19,21)(H,20,23)(H,24,25)/t13-,14+/m1/s1. The van der Waals surface area contributed by atoms with Crippen LogP contribution in [0.2, 0.25) is 0 Å². The first-order chi connectivity index (χ1) is 12.2. The Morgan fingerprint density at radius 3 is 2.23 bits per heavy atom. The highest BCUT2D eigenvalue weighted by Gasteiger charge is 2.28. The van der Waals surface area contributed by atoms with E-state index >= 15 is 0 Å². The highest BCUT2D eigenvalue weighted by Crippen LogP contribution is 2.07. The molecule has 1 aromatic carbocycles. The molecule has 26 heavy (non-hydrogen) atoms. The Morgan fingerprint density at radius 2 is 1.73 bits per heavy atom. The Hall–Kier alpha value is -2.97. The Bertz CT molecular complexity index is 662. The molecule has 142 valence electrons. The molecule has 0 fully saturated rings. The van der Waals surface area contributed by atoms with Gasteiger partial charge in [0, 0.05) is 13.3 Å². The molecular formula is C17H21FN2O6. The molecule has 0 saturated heterocycles. The Labute approximate surface area is 149 Å². The van der Waals surface area contributed by atoms with E-state index < -0.39 is 48.1 Å². The average Bonchev–Trinajstić information content (AvgIpc) is 2.55. The Morgan fingerprint density at radius 1 is 1.12 bits per heavy atom. The first-order valence-corrected chi connectivity index (χ1v) is 7.93. The van der Waals surface area contributed by atoms with Crippen LogP contribution < -0.4 is 10.6 Å². The van der Waals surface area contributed by atoms with E-state index in [1.807, 2.05) is 0 Å². The monoisotopic (exact) mass is 368 g/mol. The third-order valence-corrected chi connectivity index (χ3v) is 3.34. The molecule has 0 heterocycles. The molecule has 0 unspecified atom stereocenters. The summed E-state index contributed by atoms with van der Waals surface area (Å²) in [6.45, 7) is 2.86. The van der Waals surface area contributed by atoms with Crippen LogP contribution in [0.5, 0.6) is 0 Å². The van der Waals surface area contributed by atoms with Gasteiger partial charge in [0.05, 0.1) is 13.0 Å². The number of carbonyl (C=O) groups is 4. The smallest absolute Gasteiger partial charge is 0.326 e. The second kappa shape index (κ2) is 10.1. The molecule has 0 aliphatic heterocycles. The van der Waals surface area contributed by atoms with Crippen LogP contribution in [-0.2, 0) is 30.3 Å². The maximum absolute atomic E-state index is 13.0. The fraction of sp³-hybridized carbons (Fsp3) is 0.412. The number of aliphatic carboxylic acids is 1. The van der Waals surface area contributed by atoms with Crippen molar-refractivity contribution >= 4 is 23.8 Å². The van der Waals surface area contributed by atoms with E-state index in [2.05, 4.69) is 15.4 Å². The zero-order valence-corrected chi connectivity index (χ0v) is 14.5. The second-order valence-electron chi connectivity index (χ2n) is 5.49. The number of hydrogen-bond acceptors (Lipinski definition) is 5. The maximum Gasteiger partial charge on any atom is 0.326 e. The van der Waals surface area contributed by atoms with E-state index in [4.69, 9.17) is 0 Å². The Balaban J connectivity index is 2.85. The predicted molar refractivity (Wildman–Crippen MR) is 88.5 cm³/mol. The molecule has 2 atom stereocenters. The van der Waals surface area contributed by atoms with Gasteiger partial charge in [0.25, 0.3) is 0 Å². The molecule has 2 amide bonds. The molecule has 1 aromatic rings. The fourth-order valence-corrected chi connectivity index (χ4v) is 2.17. The summed E-state index contributed by atoms with van der Waals surface area (Å²) in [5.74, 6) is -3.90. The summed E-state index contributed by atoms with van der Waals surface area (Å²) in [6.07, 6.45) is -0.518. The van der Waals surface area contributed by atoms with Crippen LogP contribution in [0.3, 0.4) is 0 Å². The van der Waals surface area contributed by atoms with Crippen molar-refractivity contribution in [3.05, 3.63) is 35.6 Å². The lowest BCUT2D eigenvalue weighted by Crippen LogP contribution is -2.52. The molecule has 0 spiro atoms. The van der Waals surface area contributed by atoms with Gasteiger partial charge in [0.15, 0.2) is 0 Å². The van der Waals surface area contributed by atoms with Gasteiger partial charge in [-0.1, -0.05) is 12.1 Å². The number of benzene rings is 1. The van der Waals surface area contributed by atoms with Crippen molar-refractivity contribution < 1.29 is 33.4 Å². The lowest BCUT2D eigenvalue weighted by molar-refractivity contribution is -0.150. The van der Waals surface area contributed by atoms with Gasteiger partial charge in [0.2, 0.25) is 11.8 Å². The van der Waals surface area contributed by atoms with Gasteiger partial charge >= 0.3 is 11.9 Å². The summed E-state index contributed by atoms with van der Waals surface area (Å²) in [5, 5.41) is 13.8. The number of carboxylic acids is 1. The summed E-state index contributed by atoms with van der Waals surface area (Å²) < 4.78 is 17.7. The third kappa shape index (κ3) is 7.29. The van der Waals surface area contributed by atoms with Gasteiger partial charge in [-0.05, 0) is 24.6 Å². The number of hydrogen-bond donors (Lipinski definition) is 3. The number of nitrogens with one attached hydrogen (secondary N) is 2. The molecule has 0 radical (unpaired) electrons. The number of halogens is 1. The van der Waals surface area contributed by atoms with Gasteiger partial charge in [0.1, 0.15) is 17.9 Å². The van der Waals surface area contributed by atoms with Crippen molar-refractivity contribution in [1.29, 1.82) is 0 Å². The average molecular weight is 368 g/mol. The fourth-order valence-electron chi connectivity index (χ4n) is 2.17. The SMILES string of the molecule is CCOC(=O)C[C@H](NC(=O)[C@@H](Cc1ccc(F)cc1)NC(C)=O)C(=O)O. The van der Waals surface area contributed by atoms with Crippen molar-refractivity contribution in [2.24, 2.45) is 0 Å². The molecule has 8 nitrogen and oxygen atoms in total. The number of ether oxygens (including phenoxy) is 1. The number of rotatable bonds is 9. The van der Waals surface area contributed by atoms with Crippen molar-refractivity contribution in [1.82, 2.24) is 10.6 Å². The maximum atomic E-state index is 13.0. The zero-order valence-electron chi connectivity index (χ0n) is 14.5. The van der Waals surface area contributed by atoms with E-state index in [0.717, 1.165) is 0 Å². The van der Waals surface area contributed by atoms with Crippen LogP contribution in [0, 0.1) is 5.82 Å². The predicted octanol–water partition coefficient (Wildman–Crippen LogP) is 0.395. The van der Waals surface area contributed by atoms with E-state index in [1.54, 1.807) is 6.92 Å². The highest BCUT2D eigenvalue weighted by atomic mass is 19.1. The minimum atomic E-state index is -1.49. The van der Waals surface area contributed by atoms with Gasteiger partial charge in [-0.3, -0.25) is 14.4 Å². The van der Waals surface area contributed by atoms with Crippen LogP contribution in [0.15, 0.2) is 24.3 Å². The minimum absolute atomic E-state index is 0.0252. The van der Waals surface area contributed by atoms with E-state index in [9.17, 15) is 28.7 Å². The molecule has 1 rings (SSSR count). The van der Waals surface area contributed by atoms with Crippen molar-refractivity contribution in [2.45, 2.75) is 38.8 Å². The summed E-state index contributed by atoms with van der Waals surface area (Å²) in [4.78, 5) is 46.5. The van der Waals surface area contributed by atoms with Gasteiger partial charge in [-0.15, -0.1) is 0 Å². The normalized spacial score (nSPS) is 12.6. The molecule has 3 N–H and O–H groups in total. The molecule has 0 aromatic heterocycles. The van der Waals surface area contributed by atoms with Crippen LogP contribution in [0.25, 0.3) is 0 Å². The van der Waals surface area contributed by atoms with Crippen molar-refractivity contribution in [2.75, 3.05) is 6.61 Å². The van der Waals surface area contributed by atoms with Crippen LogP contribution in [-0.4, -0.2) is 47.6 Å². The molecule has 0 aliphatic rings. The number of amides is 2. The first-order valence-electron chi connectivity index (χ1n) is 7.93. The summed E-state index contributed by atoms with van der Waals surface area (Å²) in [6, 6.07) is 2.74. The topological polar surface area (TPSA) is 122 Å². The largest absolute Gasteiger partial charge is 0.480 e. The number of carboxylic acid groups (broad SMARTS) is 1. The van der Waals surface area contributed by atoms with E-state index in [1.165, 1.54) is 31.2 Å². The molecule has 9 heteroatoms. The van der Waals surface area contributed by atoms with Crippen LogP contribution in [0.1, 0.15) is 25.8 Å². The number of esters is 1. The number of carbonyl (C=O) groups excluding carboxylic acids is 3. The van der Waals surface area contributed by atoms with Crippen molar-refractivity contribution in [3.63, 3.8) is 0 Å². The van der Waals surface area contributed by atoms with Crippen molar-refractivity contribution in [3.8, 4) is 0 Å². The summed E-state index contributed by atoms with van der Waals surface area (Å²) >= 11 is 0. The molecule has 0 aliphatic carbocycles. The highest BCUT2D eigenvalue weighted by molar-refractivity contribution is 5.91. The lowest BCUT2D eigenvalue weighted by atomic mass is 10.0. The first kappa shape index (κ1) is 21.1.